The zero-order chi connectivity index (χ0) is 18.1. The molecule has 0 amide bonds. The van der Waals surface area contributed by atoms with Crippen molar-refractivity contribution < 1.29 is 0 Å². The van der Waals surface area contributed by atoms with E-state index >= 15 is 0 Å². The fourth-order valence-corrected chi connectivity index (χ4v) is 4.36. The first-order valence-electron chi connectivity index (χ1n) is 8.42. The third-order valence-corrected chi connectivity index (χ3v) is 5.67. The molecule has 0 atom stereocenters. The van der Waals surface area contributed by atoms with Crippen molar-refractivity contribution in [1.29, 1.82) is 0 Å². The van der Waals surface area contributed by atoms with Gasteiger partial charge in [0.2, 0.25) is 0 Å². The minimum Gasteiger partial charge on any atom is -0.233 e. The molecule has 4 rings (SSSR count). The Labute approximate surface area is 162 Å². The van der Waals surface area contributed by atoms with Gasteiger partial charge in [0.25, 0.3) is 0 Å². The van der Waals surface area contributed by atoms with Gasteiger partial charge in [0.05, 0.1) is 5.69 Å². The average molecular weight is 380 g/mol. The van der Waals surface area contributed by atoms with E-state index in [9.17, 15) is 0 Å². The highest BCUT2D eigenvalue weighted by atomic mass is 35.5. The van der Waals surface area contributed by atoms with E-state index in [0.717, 1.165) is 49.5 Å². The topological polar surface area (TPSA) is 30.2 Å². The van der Waals surface area contributed by atoms with Gasteiger partial charge in [-0.2, -0.15) is 5.10 Å². The van der Waals surface area contributed by atoms with Crippen LogP contribution in [0.5, 0.6) is 0 Å². The number of aryl methyl sites for hydroxylation is 2. The van der Waals surface area contributed by atoms with E-state index in [-0.39, 0.29) is 0 Å². The van der Waals surface area contributed by atoms with E-state index in [1.165, 1.54) is 0 Å². The fourth-order valence-electron chi connectivity index (χ4n) is 3.02. The summed E-state index contributed by atoms with van der Waals surface area (Å²) in [5, 5.41) is 6.63. The Morgan fingerprint density at radius 2 is 1.73 bits per heavy atom. The van der Waals surface area contributed by atoms with Gasteiger partial charge in [-0.3, -0.25) is 0 Å². The number of aromatic nitrogens is 3. The Bertz CT molecular complexity index is 1070. The lowest BCUT2D eigenvalue weighted by Gasteiger charge is -2.08. The van der Waals surface area contributed by atoms with Crippen molar-refractivity contribution in [1.82, 2.24) is 14.6 Å². The van der Waals surface area contributed by atoms with Crippen LogP contribution in [0.4, 0.5) is 0 Å². The van der Waals surface area contributed by atoms with Gasteiger partial charge >= 0.3 is 0 Å². The average Bonchev–Trinajstić information content (AvgIpc) is 2.97. The SMILES string of the molecule is Cc1cc(SCc2ccccc2Cl)n2nc(C)c(-c3ccccc3)c2n1. The summed E-state index contributed by atoms with van der Waals surface area (Å²) in [5.41, 5.74) is 6.21. The molecule has 0 radical (unpaired) electrons. The van der Waals surface area contributed by atoms with Crippen molar-refractivity contribution >= 4 is 29.0 Å². The minimum atomic E-state index is 0.789. The van der Waals surface area contributed by atoms with Crippen LogP contribution in [0.3, 0.4) is 0 Å². The number of nitrogens with zero attached hydrogens (tertiary/aromatic N) is 3. The molecule has 26 heavy (non-hydrogen) atoms. The lowest BCUT2D eigenvalue weighted by Crippen LogP contribution is -1.98. The van der Waals surface area contributed by atoms with E-state index in [1.54, 1.807) is 11.8 Å². The number of thioether (sulfide) groups is 1. The third-order valence-electron chi connectivity index (χ3n) is 4.26. The largest absolute Gasteiger partial charge is 0.233 e. The van der Waals surface area contributed by atoms with Gasteiger partial charge < -0.3 is 0 Å². The van der Waals surface area contributed by atoms with Crippen molar-refractivity contribution in [2.75, 3.05) is 0 Å². The maximum atomic E-state index is 6.30. The molecule has 4 aromatic rings. The Morgan fingerprint density at radius 1 is 1.00 bits per heavy atom. The van der Waals surface area contributed by atoms with Gasteiger partial charge in [0.1, 0.15) is 5.03 Å². The van der Waals surface area contributed by atoms with Crippen molar-refractivity contribution in [3.8, 4) is 11.1 Å². The van der Waals surface area contributed by atoms with Gasteiger partial charge in [-0.25, -0.2) is 9.50 Å². The normalized spacial score (nSPS) is 11.2. The first-order chi connectivity index (χ1) is 12.6. The molecule has 0 bridgehead atoms. The van der Waals surface area contributed by atoms with Gasteiger partial charge in [-0.1, -0.05) is 60.1 Å². The van der Waals surface area contributed by atoms with Crippen LogP contribution in [-0.4, -0.2) is 14.6 Å². The highest BCUT2D eigenvalue weighted by Crippen LogP contribution is 2.32. The number of hydrogen-bond acceptors (Lipinski definition) is 3. The summed E-state index contributed by atoms with van der Waals surface area (Å²) in [4.78, 5) is 4.77. The van der Waals surface area contributed by atoms with Crippen LogP contribution in [-0.2, 0) is 5.75 Å². The molecule has 0 aliphatic rings. The maximum Gasteiger partial charge on any atom is 0.164 e. The van der Waals surface area contributed by atoms with Crippen LogP contribution in [0.1, 0.15) is 17.0 Å². The van der Waals surface area contributed by atoms with Crippen LogP contribution < -0.4 is 0 Å². The molecule has 0 saturated carbocycles. The molecule has 2 aromatic carbocycles. The summed E-state index contributed by atoms with van der Waals surface area (Å²) < 4.78 is 1.95. The molecule has 3 nitrogen and oxygen atoms in total. The van der Waals surface area contributed by atoms with Crippen LogP contribution in [0, 0.1) is 13.8 Å². The molecule has 5 heteroatoms. The molecule has 2 heterocycles. The zero-order valence-corrected chi connectivity index (χ0v) is 16.2. The smallest absolute Gasteiger partial charge is 0.164 e. The summed E-state index contributed by atoms with van der Waals surface area (Å²) in [6.45, 7) is 4.06. The number of hydrogen-bond donors (Lipinski definition) is 0. The van der Waals surface area contributed by atoms with Crippen LogP contribution in [0.15, 0.2) is 65.7 Å². The van der Waals surface area contributed by atoms with E-state index in [0.29, 0.717) is 0 Å². The highest BCUT2D eigenvalue weighted by Gasteiger charge is 2.16. The monoisotopic (exact) mass is 379 g/mol. The standard InChI is InChI=1S/C21H18ClN3S/c1-14-12-19(26-13-17-10-6-7-11-18(17)22)25-21(23-14)20(15(2)24-25)16-8-4-3-5-9-16/h3-12H,13H2,1-2H3. The van der Waals surface area contributed by atoms with Gasteiger partial charge in [0.15, 0.2) is 5.65 Å². The quantitative estimate of drug-likeness (QED) is 0.323. The van der Waals surface area contributed by atoms with E-state index < -0.39 is 0 Å². The number of fused-ring (bicyclic) bond motifs is 1. The Balaban J connectivity index is 1.78. The first kappa shape index (κ1) is 17.1. The summed E-state index contributed by atoms with van der Waals surface area (Å²) in [6.07, 6.45) is 0. The van der Waals surface area contributed by atoms with E-state index in [2.05, 4.69) is 24.3 Å². The molecule has 0 N–H and O–H groups in total. The van der Waals surface area contributed by atoms with E-state index in [1.807, 2.05) is 54.8 Å². The molecule has 0 aliphatic heterocycles. The third kappa shape index (κ3) is 3.22. The predicted molar refractivity (Wildman–Crippen MR) is 109 cm³/mol. The number of benzene rings is 2. The van der Waals surface area contributed by atoms with Crippen LogP contribution >= 0.6 is 23.4 Å². The summed E-state index contributed by atoms with van der Waals surface area (Å²) in [5.74, 6) is 0.789. The maximum absolute atomic E-state index is 6.30. The lowest BCUT2D eigenvalue weighted by molar-refractivity contribution is 0.821. The minimum absolute atomic E-state index is 0.789. The molecule has 0 fully saturated rings. The van der Waals surface area contributed by atoms with Crippen molar-refractivity contribution in [2.45, 2.75) is 24.6 Å². The number of rotatable bonds is 4. The molecule has 130 valence electrons. The lowest BCUT2D eigenvalue weighted by atomic mass is 10.1. The van der Waals surface area contributed by atoms with Crippen molar-refractivity contribution in [3.63, 3.8) is 0 Å². The predicted octanol–water partition coefficient (Wildman–Crippen LogP) is 5.96. The molecule has 0 spiro atoms. The molecular weight excluding hydrogens is 362 g/mol. The van der Waals surface area contributed by atoms with E-state index in [4.69, 9.17) is 21.7 Å². The fraction of sp³-hybridized carbons (Fsp3) is 0.143. The van der Waals surface area contributed by atoms with Crippen LogP contribution in [0.2, 0.25) is 5.02 Å². The molecule has 0 saturated heterocycles. The number of halogens is 1. The van der Waals surface area contributed by atoms with Gasteiger partial charge in [-0.15, -0.1) is 11.8 Å². The second-order valence-electron chi connectivity index (χ2n) is 6.18. The van der Waals surface area contributed by atoms with Crippen molar-refractivity contribution in [3.05, 3.63) is 82.6 Å². The Hall–Kier alpha value is -2.30. The van der Waals surface area contributed by atoms with Gasteiger partial charge in [0, 0.05) is 22.0 Å². The summed E-state index contributed by atoms with van der Waals surface area (Å²) in [6, 6.07) is 20.3. The summed E-state index contributed by atoms with van der Waals surface area (Å²) >= 11 is 8.03. The molecular formula is C21H18ClN3S. The molecule has 0 aliphatic carbocycles. The molecule has 2 aromatic heterocycles. The zero-order valence-electron chi connectivity index (χ0n) is 14.6. The Morgan fingerprint density at radius 3 is 2.50 bits per heavy atom. The van der Waals surface area contributed by atoms with Gasteiger partial charge in [-0.05, 0) is 37.1 Å². The van der Waals surface area contributed by atoms with Crippen molar-refractivity contribution in [2.24, 2.45) is 0 Å². The second-order valence-corrected chi connectivity index (χ2v) is 7.58. The Kier molecular flexibility index (Phi) is 4.70. The first-order valence-corrected chi connectivity index (χ1v) is 9.78. The molecule has 0 unspecified atom stereocenters. The second kappa shape index (κ2) is 7.14. The van der Waals surface area contributed by atoms with Crippen LogP contribution in [0.25, 0.3) is 16.8 Å². The highest BCUT2D eigenvalue weighted by molar-refractivity contribution is 7.98. The summed E-state index contributed by atoms with van der Waals surface area (Å²) in [7, 11) is 0.